The summed E-state index contributed by atoms with van der Waals surface area (Å²) in [5, 5.41) is 7.48. The summed E-state index contributed by atoms with van der Waals surface area (Å²) in [6.45, 7) is 4.88. The summed E-state index contributed by atoms with van der Waals surface area (Å²) in [4.78, 5) is 6.49. The Bertz CT molecular complexity index is 499. The van der Waals surface area contributed by atoms with E-state index in [1.807, 2.05) is 6.07 Å². The lowest BCUT2D eigenvalue weighted by Crippen LogP contribution is -2.50. The van der Waals surface area contributed by atoms with Gasteiger partial charge < -0.3 is 9.84 Å². The van der Waals surface area contributed by atoms with Crippen molar-refractivity contribution in [2.24, 2.45) is 0 Å². The van der Waals surface area contributed by atoms with Gasteiger partial charge in [-0.25, -0.2) is 0 Å². The third-order valence-electron chi connectivity index (χ3n) is 3.65. The molecule has 2 aromatic rings. The largest absolute Gasteiger partial charge is 0.343 e. The van der Waals surface area contributed by atoms with Crippen molar-refractivity contribution in [3.63, 3.8) is 0 Å². The number of nitrogens with one attached hydrogen (secondary N) is 1. The van der Waals surface area contributed by atoms with E-state index in [1.165, 1.54) is 12.0 Å². The summed E-state index contributed by atoms with van der Waals surface area (Å²) in [6, 6.07) is 11.4. The van der Waals surface area contributed by atoms with Gasteiger partial charge in [0.1, 0.15) is 0 Å². The number of rotatable bonds is 3. The molecule has 5 heteroatoms. The molecule has 0 bridgehead atoms. The number of aromatic nitrogens is 2. The molecule has 1 saturated heterocycles. The maximum absolute atomic E-state index is 4.80. The van der Waals surface area contributed by atoms with E-state index < -0.39 is 0 Å². The fraction of sp³-hybridized carbons (Fsp3) is 0.429. The Hall–Kier alpha value is -1.72. The Morgan fingerprint density at radius 3 is 2.95 bits per heavy atom. The third-order valence-corrected chi connectivity index (χ3v) is 3.65. The van der Waals surface area contributed by atoms with Crippen molar-refractivity contribution in [1.29, 1.82) is 0 Å². The van der Waals surface area contributed by atoms with E-state index in [9.17, 15) is 0 Å². The van der Waals surface area contributed by atoms with Crippen molar-refractivity contribution in [3.8, 4) is 0 Å². The van der Waals surface area contributed by atoms with E-state index in [0.29, 0.717) is 12.1 Å². The average molecular weight is 258 g/mol. The van der Waals surface area contributed by atoms with Crippen LogP contribution in [0.15, 0.2) is 41.2 Å². The minimum absolute atomic E-state index is 0.365. The molecule has 0 amide bonds. The zero-order valence-corrected chi connectivity index (χ0v) is 11.0. The van der Waals surface area contributed by atoms with E-state index in [0.717, 1.165) is 25.5 Å². The van der Waals surface area contributed by atoms with Crippen LogP contribution in [0.4, 0.5) is 0 Å². The van der Waals surface area contributed by atoms with Crippen LogP contribution in [0.2, 0.25) is 0 Å². The molecule has 1 N–H and O–H groups in total. The Kier molecular flexibility index (Phi) is 3.57. The van der Waals surface area contributed by atoms with Crippen LogP contribution in [0.25, 0.3) is 0 Å². The van der Waals surface area contributed by atoms with Crippen molar-refractivity contribution in [3.05, 3.63) is 48.1 Å². The molecular formula is C14H18N4O. The minimum Gasteiger partial charge on any atom is -0.343 e. The molecule has 3 rings (SSSR count). The highest BCUT2D eigenvalue weighted by Gasteiger charge is 2.26. The van der Waals surface area contributed by atoms with E-state index in [4.69, 9.17) is 4.52 Å². The molecule has 1 aromatic carbocycles. The van der Waals surface area contributed by atoms with Crippen molar-refractivity contribution in [2.75, 3.05) is 13.1 Å². The summed E-state index contributed by atoms with van der Waals surface area (Å²) in [5.41, 5.74) is 1.33. The zero-order chi connectivity index (χ0) is 13.1. The topological polar surface area (TPSA) is 54.2 Å². The van der Waals surface area contributed by atoms with Crippen LogP contribution < -0.4 is 5.32 Å². The van der Waals surface area contributed by atoms with Crippen LogP contribution >= 0.6 is 0 Å². The molecule has 100 valence electrons. The molecule has 0 aliphatic carbocycles. The molecule has 0 saturated carbocycles. The number of hydrogen-bond acceptors (Lipinski definition) is 5. The molecule has 2 atom stereocenters. The number of benzene rings is 1. The van der Waals surface area contributed by atoms with Gasteiger partial charge in [0.2, 0.25) is 6.39 Å². The van der Waals surface area contributed by atoms with Gasteiger partial charge in [0.25, 0.3) is 0 Å². The highest BCUT2D eigenvalue weighted by atomic mass is 16.5. The highest BCUT2D eigenvalue weighted by molar-refractivity contribution is 5.20. The first kappa shape index (κ1) is 12.3. The second-order valence-corrected chi connectivity index (χ2v) is 5.00. The molecule has 19 heavy (non-hydrogen) atoms. The smallest absolute Gasteiger partial charge is 0.213 e. The molecule has 2 heterocycles. The quantitative estimate of drug-likeness (QED) is 0.906. The van der Waals surface area contributed by atoms with Crippen LogP contribution in [0.3, 0.4) is 0 Å². The fourth-order valence-electron chi connectivity index (χ4n) is 2.49. The molecule has 1 aromatic heterocycles. The van der Waals surface area contributed by atoms with E-state index in [1.54, 1.807) is 0 Å². The van der Waals surface area contributed by atoms with Gasteiger partial charge >= 0.3 is 0 Å². The fourth-order valence-corrected chi connectivity index (χ4v) is 2.49. The molecule has 0 radical (unpaired) electrons. The zero-order valence-electron chi connectivity index (χ0n) is 11.0. The first-order valence-corrected chi connectivity index (χ1v) is 6.60. The molecule has 1 fully saturated rings. The lowest BCUT2D eigenvalue weighted by atomic mass is 10.0. The van der Waals surface area contributed by atoms with Crippen molar-refractivity contribution < 1.29 is 4.52 Å². The van der Waals surface area contributed by atoms with Gasteiger partial charge in [0, 0.05) is 25.2 Å². The molecule has 2 unspecified atom stereocenters. The van der Waals surface area contributed by atoms with Gasteiger partial charge in [-0.3, -0.25) is 4.90 Å². The van der Waals surface area contributed by atoms with Gasteiger partial charge in [-0.1, -0.05) is 35.5 Å². The predicted octanol–water partition coefficient (Wildman–Crippen LogP) is 1.60. The second-order valence-electron chi connectivity index (χ2n) is 5.00. The van der Waals surface area contributed by atoms with E-state index >= 15 is 0 Å². The van der Waals surface area contributed by atoms with Gasteiger partial charge in [-0.15, -0.1) is 0 Å². The molecule has 1 aliphatic rings. The maximum atomic E-state index is 4.80. The standard InChI is InChI=1S/C14H18N4O/c1-11-7-15-13(12-5-3-2-4-6-12)8-18(11)9-14-16-10-19-17-14/h2-6,10-11,13,15H,7-9H2,1H3. The monoisotopic (exact) mass is 258 g/mol. The predicted molar refractivity (Wildman–Crippen MR) is 71.4 cm³/mol. The number of hydrogen-bond donors (Lipinski definition) is 1. The molecule has 0 spiro atoms. The van der Waals surface area contributed by atoms with Crippen LogP contribution in [0.1, 0.15) is 24.4 Å². The van der Waals surface area contributed by atoms with Crippen LogP contribution in [0, 0.1) is 0 Å². The maximum Gasteiger partial charge on any atom is 0.213 e. The summed E-state index contributed by atoms with van der Waals surface area (Å²) in [6.07, 6.45) is 1.39. The van der Waals surface area contributed by atoms with Gasteiger partial charge in [-0.05, 0) is 12.5 Å². The molecular weight excluding hydrogens is 240 g/mol. The van der Waals surface area contributed by atoms with Gasteiger partial charge in [-0.2, -0.15) is 4.98 Å². The summed E-state index contributed by atoms with van der Waals surface area (Å²) >= 11 is 0. The lowest BCUT2D eigenvalue weighted by molar-refractivity contribution is 0.129. The van der Waals surface area contributed by atoms with Crippen LogP contribution in [0.5, 0.6) is 0 Å². The normalized spacial score (nSPS) is 24.5. The summed E-state index contributed by atoms with van der Waals surface area (Å²) < 4.78 is 4.80. The van der Waals surface area contributed by atoms with Gasteiger partial charge in [0.15, 0.2) is 5.82 Å². The number of nitrogens with zero attached hydrogens (tertiary/aromatic N) is 3. The molecule has 1 aliphatic heterocycles. The first-order chi connectivity index (χ1) is 9.33. The van der Waals surface area contributed by atoms with Crippen LogP contribution in [-0.2, 0) is 6.54 Å². The third kappa shape index (κ3) is 2.83. The summed E-state index contributed by atoms with van der Waals surface area (Å²) in [5.74, 6) is 0.751. The van der Waals surface area contributed by atoms with E-state index in [2.05, 4.69) is 51.5 Å². The van der Waals surface area contributed by atoms with E-state index in [-0.39, 0.29) is 0 Å². The van der Waals surface area contributed by atoms with Crippen molar-refractivity contribution in [1.82, 2.24) is 20.4 Å². The van der Waals surface area contributed by atoms with Gasteiger partial charge in [0.05, 0.1) is 6.54 Å². The average Bonchev–Trinajstić information content (AvgIpc) is 2.95. The first-order valence-electron chi connectivity index (χ1n) is 6.60. The second kappa shape index (κ2) is 5.50. The highest BCUT2D eigenvalue weighted by Crippen LogP contribution is 2.20. The van der Waals surface area contributed by atoms with Crippen molar-refractivity contribution in [2.45, 2.75) is 25.6 Å². The van der Waals surface area contributed by atoms with Crippen LogP contribution in [-0.4, -0.2) is 34.2 Å². The molecule has 5 nitrogen and oxygen atoms in total. The minimum atomic E-state index is 0.365. The summed E-state index contributed by atoms with van der Waals surface area (Å²) in [7, 11) is 0. The Labute approximate surface area is 112 Å². The lowest BCUT2D eigenvalue weighted by Gasteiger charge is -2.38. The number of piperazine rings is 1. The Balaban J connectivity index is 1.70. The Morgan fingerprint density at radius 2 is 2.21 bits per heavy atom. The SMILES string of the molecule is CC1CNC(c2ccccc2)CN1Cc1ncon1. The Morgan fingerprint density at radius 1 is 1.37 bits per heavy atom. The van der Waals surface area contributed by atoms with Crippen molar-refractivity contribution >= 4 is 0 Å².